The molecule has 3 fully saturated rings. The summed E-state index contributed by atoms with van der Waals surface area (Å²) in [5.41, 5.74) is 11.3. The van der Waals surface area contributed by atoms with Crippen LogP contribution in [0.4, 0.5) is 10.5 Å². The molecule has 2 aliphatic carbocycles. The van der Waals surface area contributed by atoms with Crippen LogP contribution in [-0.4, -0.2) is 57.1 Å². The van der Waals surface area contributed by atoms with Gasteiger partial charge in [-0.05, 0) is 83.5 Å². The van der Waals surface area contributed by atoms with Gasteiger partial charge in [0.1, 0.15) is 5.60 Å². The van der Waals surface area contributed by atoms with Crippen molar-refractivity contribution in [3.8, 4) is 11.3 Å². The fraction of sp³-hybridized carbons (Fsp3) is 0.571. The predicted octanol–water partition coefficient (Wildman–Crippen LogP) is 4.38. The second-order valence-electron chi connectivity index (χ2n) is 11.9. The van der Waals surface area contributed by atoms with E-state index in [1.807, 2.05) is 33.0 Å². The topological polar surface area (TPSA) is 111 Å². The van der Waals surface area contributed by atoms with Crippen LogP contribution in [0, 0.1) is 5.92 Å². The second kappa shape index (κ2) is 9.28. The minimum absolute atomic E-state index is 0.0558. The maximum atomic E-state index is 12.2. The molecule has 1 saturated heterocycles. The van der Waals surface area contributed by atoms with Crippen molar-refractivity contribution in [2.75, 3.05) is 24.5 Å². The lowest BCUT2D eigenvalue weighted by molar-refractivity contribution is 0.0509. The number of carbonyl (C=O) groups is 1. The Bertz CT molecular complexity index is 1300. The normalized spacial score (nSPS) is 23.8. The highest BCUT2D eigenvalue weighted by Crippen LogP contribution is 2.45. The van der Waals surface area contributed by atoms with E-state index in [2.05, 4.69) is 33.2 Å². The number of amides is 1. The third kappa shape index (κ3) is 5.14. The van der Waals surface area contributed by atoms with E-state index in [1.54, 1.807) is 0 Å². The summed E-state index contributed by atoms with van der Waals surface area (Å²) in [5.74, 6) is 1.15. The van der Waals surface area contributed by atoms with Gasteiger partial charge in [0, 0.05) is 36.5 Å². The van der Waals surface area contributed by atoms with E-state index in [1.165, 1.54) is 12.8 Å². The lowest BCUT2D eigenvalue weighted by Crippen LogP contribution is -2.40. The predicted molar refractivity (Wildman–Crippen MR) is 144 cm³/mol. The Hall–Kier alpha value is -3.20. The van der Waals surface area contributed by atoms with Gasteiger partial charge in [-0.1, -0.05) is 0 Å². The fourth-order valence-corrected chi connectivity index (χ4v) is 5.47. The SMILES string of the molecule is CC(C)(C)OC(=O)NC1CCN(c2ccc3ncc(-c4cn(C5CC(CN)C5)nc4C4CC4)nc3c2)C1. The molecule has 6 rings (SSSR count). The van der Waals surface area contributed by atoms with Crippen molar-refractivity contribution in [1.29, 1.82) is 0 Å². The Morgan fingerprint density at radius 1 is 1.19 bits per heavy atom. The van der Waals surface area contributed by atoms with Gasteiger partial charge in [0.15, 0.2) is 0 Å². The van der Waals surface area contributed by atoms with Gasteiger partial charge in [-0.3, -0.25) is 9.67 Å². The molecule has 37 heavy (non-hydrogen) atoms. The molecule has 3 N–H and O–H groups in total. The first-order valence-corrected chi connectivity index (χ1v) is 13.6. The molecule has 2 saturated carbocycles. The molecule has 1 atom stereocenters. The van der Waals surface area contributed by atoms with E-state index in [9.17, 15) is 4.79 Å². The number of hydrogen-bond acceptors (Lipinski definition) is 7. The fourth-order valence-electron chi connectivity index (χ4n) is 5.47. The molecule has 3 aliphatic rings. The summed E-state index contributed by atoms with van der Waals surface area (Å²) in [7, 11) is 0. The first-order valence-electron chi connectivity index (χ1n) is 13.6. The van der Waals surface area contributed by atoms with Crippen LogP contribution >= 0.6 is 0 Å². The van der Waals surface area contributed by atoms with Gasteiger partial charge in [0.05, 0.1) is 40.7 Å². The number of nitrogens with two attached hydrogens (primary N) is 1. The van der Waals surface area contributed by atoms with Crippen LogP contribution in [0.5, 0.6) is 0 Å². The zero-order chi connectivity index (χ0) is 25.7. The molecular formula is C28H37N7O2. The summed E-state index contributed by atoms with van der Waals surface area (Å²) in [6, 6.07) is 6.73. The molecule has 1 aromatic carbocycles. The van der Waals surface area contributed by atoms with Crippen molar-refractivity contribution >= 4 is 22.8 Å². The summed E-state index contributed by atoms with van der Waals surface area (Å²) in [4.78, 5) is 24.3. The summed E-state index contributed by atoms with van der Waals surface area (Å²) in [5, 5.41) is 8.02. The molecular weight excluding hydrogens is 466 g/mol. The number of anilines is 1. The van der Waals surface area contributed by atoms with Crippen molar-refractivity contribution in [3.63, 3.8) is 0 Å². The number of benzene rings is 1. The molecule has 0 spiro atoms. The summed E-state index contributed by atoms with van der Waals surface area (Å²) in [6.45, 7) is 7.99. The van der Waals surface area contributed by atoms with Gasteiger partial charge in [-0.25, -0.2) is 9.78 Å². The number of ether oxygens (including phenoxy) is 1. The monoisotopic (exact) mass is 503 g/mol. The molecule has 0 radical (unpaired) electrons. The van der Waals surface area contributed by atoms with Crippen LogP contribution in [0.1, 0.15) is 70.5 Å². The molecule has 196 valence electrons. The summed E-state index contributed by atoms with van der Waals surface area (Å²) >= 11 is 0. The van der Waals surface area contributed by atoms with Crippen molar-refractivity contribution in [2.45, 2.75) is 76.5 Å². The van der Waals surface area contributed by atoms with Crippen molar-refractivity contribution in [2.24, 2.45) is 11.7 Å². The Kier molecular flexibility index (Phi) is 6.06. The highest BCUT2D eigenvalue weighted by molar-refractivity contribution is 5.81. The molecule has 9 heteroatoms. The van der Waals surface area contributed by atoms with E-state index in [4.69, 9.17) is 25.5 Å². The highest BCUT2D eigenvalue weighted by Gasteiger charge is 2.35. The standard InChI is InChI=1S/C28H37N7O2/c1-28(2,3)37-27(36)31-19-8-9-34(15-19)20-6-7-23-24(12-20)32-25(14-30-23)22-16-35(21-10-17(11-21)13-29)33-26(22)18-4-5-18/h6-7,12,14,16-19,21H,4-5,8-11,13,15,29H2,1-3H3,(H,31,36). The number of rotatable bonds is 6. The molecule has 9 nitrogen and oxygen atoms in total. The number of nitrogens with zero attached hydrogens (tertiary/aromatic N) is 5. The zero-order valence-corrected chi connectivity index (χ0v) is 22.0. The van der Waals surface area contributed by atoms with Gasteiger partial charge in [-0.2, -0.15) is 5.10 Å². The third-order valence-electron chi connectivity index (χ3n) is 7.72. The average molecular weight is 504 g/mol. The van der Waals surface area contributed by atoms with E-state index in [-0.39, 0.29) is 12.1 Å². The largest absolute Gasteiger partial charge is 0.444 e. The second-order valence-corrected chi connectivity index (χ2v) is 11.9. The third-order valence-corrected chi connectivity index (χ3v) is 7.72. The lowest BCUT2D eigenvalue weighted by Gasteiger charge is -2.34. The Morgan fingerprint density at radius 2 is 2.00 bits per heavy atom. The summed E-state index contributed by atoms with van der Waals surface area (Å²) < 4.78 is 7.58. The molecule has 3 heterocycles. The van der Waals surface area contributed by atoms with Gasteiger partial charge in [0.25, 0.3) is 0 Å². The maximum absolute atomic E-state index is 12.2. The van der Waals surface area contributed by atoms with Crippen LogP contribution in [0.3, 0.4) is 0 Å². The van der Waals surface area contributed by atoms with E-state index in [0.29, 0.717) is 17.9 Å². The van der Waals surface area contributed by atoms with Crippen molar-refractivity contribution in [1.82, 2.24) is 25.1 Å². The van der Waals surface area contributed by atoms with Crippen molar-refractivity contribution in [3.05, 3.63) is 36.3 Å². The van der Waals surface area contributed by atoms with Gasteiger partial charge in [-0.15, -0.1) is 0 Å². The molecule has 0 bridgehead atoms. The number of hydrogen-bond donors (Lipinski definition) is 2. The number of carbonyl (C=O) groups excluding carboxylic acids is 1. The molecule has 1 amide bonds. The van der Waals surface area contributed by atoms with Crippen LogP contribution in [0.15, 0.2) is 30.6 Å². The zero-order valence-electron chi connectivity index (χ0n) is 22.0. The Balaban J connectivity index is 1.21. The van der Waals surface area contributed by atoms with Gasteiger partial charge in [0.2, 0.25) is 0 Å². The van der Waals surface area contributed by atoms with Crippen LogP contribution < -0.4 is 16.0 Å². The molecule has 2 aromatic heterocycles. The number of fused-ring (bicyclic) bond motifs is 1. The number of alkyl carbamates (subject to hydrolysis) is 1. The minimum Gasteiger partial charge on any atom is -0.444 e. The average Bonchev–Trinajstić information content (AvgIpc) is 3.40. The highest BCUT2D eigenvalue weighted by atomic mass is 16.6. The van der Waals surface area contributed by atoms with Crippen LogP contribution in [-0.2, 0) is 4.74 Å². The first-order chi connectivity index (χ1) is 17.8. The molecule has 1 unspecified atom stereocenters. The number of nitrogens with one attached hydrogen (secondary N) is 1. The Labute approximate surface area is 217 Å². The Morgan fingerprint density at radius 3 is 2.73 bits per heavy atom. The maximum Gasteiger partial charge on any atom is 0.407 e. The van der Waals surface area contributed by atoms with E-state index >= 15 is 0 Å². The van der Waals surface area contributed by atoms with E-state index in [0.717, 1.165) is 72.6 Å². The van der Waals surface area contributed by atoms with E-state index < -0.39 is 5.60 Å². The first kappa shape index (κ1) is 24.2. The number of aromatic nitrogens is 4. The van der Waals surface area contributed by atoms with Gasteiger partial charge >= 0.3 is 6.09 Å². The minimum atomic E-state index is -0.502. The lowest BCUT2D eigenvalue weighted by atomic mass is 9.80. The summed E-state index contributed by atoms with van der Waals surface area (Å²) in [6.07, 6.45) is 9.17. The van der Waals surface area contributed by atoms with Crippen LogP contribution in [0.2, 0.25) is 0 Å². The smallest absolute Gasteiger partial charge is 0.407 e. The molecule has 3 aromatic rings. The van der Waals surface area contributed by atoms with Crippen LogP contribution in [0.25, 0.3) is 22.3 Å². The van der Waals surface area contributed by atoms with Crippen molar-refractivity contribution < 1.29 is 9.53 Å². The quantitative estimate of drug-likeness (QED) is 0.513. The molecule has 1 aliphatic heterocycles. The van der Waals surface area contributed by atoms with Gasteiger partial charge < -0.3 is 20.7 Å².